The number of aryl methyl sites for hydroxylation is 1. The second-order valence-electron chi connectivity index (χ2n) is 11.1. The third kappa shape index (κ3) is 6.76. The van der Waals surface area contributed by atoms with Crippen LogP contribution in [0.5, 0.6) is 5.75 Å². The lowest BCUT2D eigenvalue weighted by Gasteiger charge is -2.27. The van der Waals surface area contributed by atoms with Gasteiger partial charge in [0.25, 0.3) is 5.91 Å². The maximum absolute atomic E-state index is 13.2. The van der Waals surface area contributed by atoms with Crippen LogP contribution in [0.3, 0.4) is 0 Å². The third-order valence-electron chi connectivity index (χ3n) is 7.93. The van der Waals surface area contributed by atoms with Crippen molar-refractivity contribution in [2.45, 2.75) is 19.5 Å². The predicted octanol–water partition coefficient (Wildman–Crippen LogP) is 6.23. The Hall–Kier alpha value is -4.96. The van der Waals surface area contributed by atoms with Gasteiger partial charge in [-0.1, -0.05) is 24.3 Å². The zero-order chi connectivity index (χ0) is 31.6. The number of aromatic nitrogens is 2. The summed E-state index contributed by atoms with van der Waals surface area (Å²) in [4.78, 5) is 31.7. The van der Waals surface area contributed by atoms with Crippen molar-refractivity contribution in [1.29, 1.82) is 0 Å². The van der Waals surface area contributed by atoms with Crippen LogP contribution in [0.1, 0.15) is 27.0 Å². The number of pyridine rings is 1. The summed E-state index contributed by atoms with van der Waals surface area (Å²) in [5, 5.41) is 3.26. The van der Waals surface area contributed by atoms with Gasteiger partial charge < -0.3 is 15.0 Å². The van der Waals surface area contributed by atoms with Gasteiger partial charge in [-0.2, -0.15) is 13.2 Å². The summed E-state index contributed by atoms with van der Waals surface area (Å²) in [6.07, 6.45) is -0.837. The third-order valence-corrected chi connectivity index (χ3v) is 7.93. The van der Waals surface area contributed by atoms with Crippen molar-refractivity contribution in [2.24, 2.45) is 0 Å². The van der Waals surface area contributed by atoms with E-state index in [1.165, 1.54) is 19.1 Å². The molecule has 1 aliphatic rings. The van der Waals surface area contributed by atoms with E-state index in [0.29, 0.717) is 30.0 Å². The summed E-state index contributed by atoms with van der Waals surface area (Å²) >= 11 is 0. The summed E-state index contributed by atoms with van der Waals surface area (Å²) in [7, 11) is 0. The Labute approximate surface area is 258 Å². The molecule has 230 valence electrons. The molecule has 1 amide bonds. The Morgan fingerprint density at radius 3 is 2.29 bits per heavy atom. The van der Waals surface area contributed by atoms with Crippen LogP contribution in [0, 0.1) is 6.92 Å². The van der Waals surface area contributed by atoms with Crippen LogP contribution in [0.25, 0.3) is 28.0 Å². The number of imidazole rings is 1. The molecule has 0 aliphatic carbocycles. The number of benzene rings is 3. The Bertz CT molecular complexity index is 1840. The summed E-state index contributed by atoms with van der Waals surface area (Å²) in [5.41, 5.74) is 4.80. The van der Waals surface area contributed by atoms with Gasteiger partial charge in [-0.25, -0.2) is 4.98 Å². The monoisotopic (exact) mass is 612 g/mol. The molecule has 0 radical (unpaired) electrons. The number of ketones is 1. The van der Waals surface area contributed by atoms with E-state index in [0.717, 1.165) is 47.2 Å². The SMILES string of the molecule is Cc1ccc(CC(=O)COc2ccc(-c3cnc4ccc(-c5ccc(C(=O)N6CCNCC6)cc5)cn34)cc2)cc1C(F)(F)F. The molecule has 0 saturated carbocycles. The van der Waals surface area contributed by atoms with Crippen LogP contribution in [0.15, 0.2) is 91.3 Å². The molecular formula is C35H31F3N4O3. The van der Waals surface area contributed by atoms with Gasteiger partial charge in [0, 0.05) is 49.9 Å². The van der Waals surface area contributed by atoms with Gasteiger partial charge in [-0.05, 0) is 83.8 Å². The number of nitrogens with one attached hydrogen (secondary N) is 1. The molecule has 5 aromatic rings. The van der Waals surface area contributed by atoms with E-state index in [2.05, 4.69) is 10.3 Å². The van der Waals surface area contributed by atoms with E-state index in [9.17, 15) is 22.8 Å². The summed E-state index contributed by atoms with van der Waals surface area (Å²) in [6, 6.07) is 22.7. The van der Waals surface area contributed by atoms with Crippen molar-refractivity contribution in [1.82, 2.24) is 19.6 Å². The number of hydrogen-bond donors (Lipinski definition) is 1. The largest absolute Gasteiger partial charge is 0.486 e. The fourth-order valence-corrected chi connectivity index (χ4v) is 5.47. The van der Waals surface area contributed by atoms with Crippen LogP contribution in [0.4, 0.5) is 13.2 Å². The van der Waals surface area contributed by atoms with Gasteiger partial charge in [-0.3, -0.25) is 14.0 Å². The number of alkyl halides is 3. The molecule has 3 heterocycles. The van der Waals surface area contributed by atoms with Crippen LogP contribution < -0.4 is 10.1 Å². The summed E-state index contributed by atoms with van der Waals surface area (Å²) in [6.45, 7) is 4.15. The van der Waals surface area contributed by atoms with Crippen LogP contribution >= 0.6 is 0 Å². The molecule has 0 spiro atoms. The summed E-state index contributed by atoms with van der Waals surface area (Å²) in [5.74, 6) is 0.182. The number of fused-ring (bicyclic) bond motifs is 1. The van der Waals surface area contributed by atoms with Crippen LogP contribution in [-0.2, 0) is 17.4 Å². The first-order valence-corrected chi connectivity index (χ1v) is 14.6. The molecule has 6 rings (SSSR count). The maximum Gasteiger partial charge on any atom is 0.416 e. The second kappa shape index (κ2) is 12.6. The predicted molar refractivity (Wildman–Crippen MR) is 165 cm³/mol. The Morgan fingerprint density at radius 2 is 1.58 bits per heavy atom. The Morgan fingerprint density at radius 1 is 0.889 bits per heavy atom. The van der Waals surface area contributed by atoms with Gasteiger partial charge >= 0.3 is 6.18 Å². The van der Waals surface area contributed by atoms with Crippen LogP contribution in [-0.4, -0.2) is 58.8 Å². The number of carbonyl (C=O) groups is 2. The van der Waals surface area contributed by atoms with Gasteiger partial charge in [-0.15, -0.1) is 0 Å². The molecule has 7 nitrogen and oxygen atoms in total. The van der Waals surface area contributed by atoms with E-state index in [1.807, 2.05) is 64.0 Å². The Balaban J connectivity index is 1.11. The van der Waals surface area contributed by atoms with Gasteiger partial charge in [0.05, 0.1) is 17.5 Å². The fraction of sp³-hybridized carbons (Fsp3) is 0.229. The quantitative estimate of drug-likeness (QED) is 0.225. The average molecular weight is 613 g/mol. The molecule has 1 fully saturated rings. The summed E-state index contributed by atoms with van der Waals surface area (Å²) < 4.78 is 47.3. The number of halogens is 3. The van der Waals surface area contributed by atoms with E-state index in [4.69, 9.17) is 4.74 Å². The minimum absolute atomic E-state index is 0.0398. The normalized spacial score (nSPS) is 13.6. The first kappa shape index (κ1) is 30.1. The van der Waals surface area contributed by atoms with E-state index in [1.54, 1.807) is 18.3 Å². The lowest BCUT2D eigenvalue weighted by Crippen LogP contribution is -2.46. The molecule has 3 aromatic carbocycles. The number of carbonyl (C=O) groups excluding carboxylic acids is 2. The van der Waals surface area contributed by atoms with Crippen molar-refractivity contribution in [3.8, 4) is 28.1 Å². The molecule has 1 aliphatic heterocycles. The molecule has 0 bridgehead atoms. The van der Waals surface area contributed by atoms with Crippen molar-refractivity contribution in [3.05, 3.63) is 114 Å². The lowest BCUT2D eigenvalue weighted by atomic mass is 10.0. The van der Waals surface area contributed by atoms with Crippen LogP contribution in [0.2, 0.25) is 0 Å². The number of amides is 1. The first-order chi connectivity index (χ1) is 21.7. The Kier molecular flexibility index (Phi) is 8.40. The van der Waals surface area contributed by atoms with Gasteiger partial charge in [0.15, 0.2) is 5.78 Å². The highest BCUT2D eigenvalue weighted by molar-refractivity contribution is 5.94. The number of hydrogen-bond acceptors (Lipinski definition) is 5. The topological polar surface area (TPSA) is 75.9 Å². The van der Waals surface area contributed by atoms with E-state index >= 15 is 0 Å². The highest BCUT2D eigenvalue weighted by Gasteiger charge is 2.32. The number of nitrogens with zero attached hydrogens (tertiary/aromatic N) is 3. The number of piperazine rings is 1. The second-order valence-corrected chi connectivity index (χ2v) is 11.1. The molecule has 10 heteroatoms. The van der Waals surface area contributed by atoms with Crippen molar-refractivity contribution in [2.75, 3.05) is 32.8 Å². The fourth-order valence-electron chi connectivity index (χ4n) is 5.47. The minimum Gasteiger partial charge on any atom is -0.486 e. The van der Waals surface area contributed by atoms with Gasteiger partial charge in [0.2, 0.25) is 0 Å². The number of ether oxygens (including phenoxy) is 1. The highest BCUT2D eigenvalue weighted by atomic mass is 19.4. The minimum atomic E-state index is -4.47. The molecule has 45 heavy (non-hydrogen) atoms. The molecule has 1 N–H and O–H groups in total. The maximum atomic E-state index is 13.2. The molecule has 0 atom stereocenters. The first-order valence-electron chi connectivity index (χ1n) is 14.6. The lowest BCUT2D eigenvalue weighted by molar-refractivity contribution is -0.138. The average Bonchev–Trinajstić information content (AvgIpc) is 3.48. The standard InChI is InChI=1S/C35H31F3N4O3/c1-23-2-3-24(19-31(23)35(36,37)38)18-29(43)22-45-30-11-8-26(9-12-30)32-20-40-33-13-10-28(21-42(32)33)25-4-6-27(7-5-25)34(44)41-16-14-39-15-17-41/h2-13,19-21,39H,14-18,22H2,1H3. The smallest absolute Gasteiger partial charge is 0.416 e. The highest BCUT2D eigenvalue weighted by Crippen LogP contribution is 2.32. The number of rotatable bonds is 8. The molecule has 2 aromatic heterocycles. The van der Waals surface area contributed by atoms with Crippen molar-refractivity contribution < 1.29 is 27.5 Å². The zero-order valence-corrected chi connectivity index (χ0v) is 24.6. The molecule has 0 unspecified atom stereocenters. The number of Topliss-reactive ketones (excluding diaryl/α,β-unsaturated/α-hetero) is 1. The molecule has 1 saturated heterocycles. The van der Waals surface area contributed by atoms with E-state index in [-0.39, 0.29) is 30.3 Å². The van der Waals surface area contributed by atoms with Crippen molar-refractivity contribution in [3.63, 3.8) is 0 Å². The van der Waals surface area contributed by atoms with E-state index < -0.39 is 11.7 Å². The molecular weight excluding hydrogens is 581 g/mol. The van der Waals surface area contributed by atoms with Gasteiger partial charge in [0.1, 0.15) is 18.0 Å². The van der Waals surface area contributed by atoms with Crippen molar-refractivity contribution >= 4 is 17.3 Å². The zero-order valence-electron chi connectivity index (χ0n) is 24.6.